The Morgan fingerprint density at radius 1 is 1.26 bits per heavy atom. The zero-order chi connectivity index (χ0) is 16.0. The number of carbonyl (C=O) groups excluding carboxylic acids is 1. The van der Waals surface area contributed by atoms with Gasteiger partial charge in [0.25, 0.3) is 0 Å². The van der Waals surface area contributed by atoms with Gasteiger partial charge in [0.1, 0.15) is 5.76 Å². The van der Waals surface area contributed by atoms with Crippen LogP contribution in [0.4, 0.5) is 0 Å². The highest BCUT2D eigenvalue weighted by molar-refractivity contribution is 6.31. The Labute approximate surface area is 137 Å². The molecule has 0 bridgehead atoms. The van der Waals surface area contributed by atoms with Crippen molar-refractivity contribution >= 4 is 39.3 Å². The van der Waals surface area contributed by atoms with Crippen molar-refractivity contribution in [3.05, 3.63) is 71.1 Å². The zero-order valence-electron chi connectivity index (χ0n) is 12.0. The minimum atomic E-state index is -0.462. The molecule has 0 aliphatic heterocycles. The van der Waals surface area contributed by atoms with Crippen molar-refractivity contribution in [1.29, 1.82) is 0 Å². The Morgan fingerprint density at radius 2 is 2.13 bits per heavy atom. The average Bonchev–Trinajstić information content (AvgIpc) is 3.14. The Bertz CT molecular complexity index is 1030. The van der Waals surface area contributed by atoms with Crippen molar-refractivity contribution < 1.29 is 9.21 Å². The summed E-state index contributed by atoms with van der Waals surface area (Å²) in [5.74, 6) is 0.351. The number of benzene rings is 2. The van der Waals surface area contributed by atoms with Crippen LogP contribution in [0.1, 0.15) is 16.1 Å². The second-order valence-corrected chi connectivity index (χ2v) is 5.74. The van der Waals surface area contributed by atoms with E-state index in [0.29, 0.717) is 17.1 Å². The largest absolute Gasteiger partial charge is 0.467 e. The third kappa shape index (κ3) is 2.19. The number of rotatable bonds is 3. The van der Waals surface area contributed by atoms with Crippen molar-refractivity contribution in [3.63, 3.8) is 0 Å². The number of hydrogen-bond acceptors (Lipinski definition) is 2. The maximum absolute atomic E-state index is 11.8. The van der Waals surface area contributed by atoms with Gasteiger partial charge in [-0.3, -0.25) is 4.79 Å². The summed E-state index contributed by atoms with van der Waals surface area (Å²) in [6, 6.07) is 16.0. The third-order valence-corrected chi connectivity index (χ3v) is 4.14. The SMILES string of the molecule is NC(=O)c1cccc2c1c1[c]cc(Cl)cc1n2Cc1ccco1. The molecule has 1 amide bonds. The van der Waals surface area contributed by atoms with E-state index in [2.05, 4.69) is 10.6 Å². The van der Waals surface area contributed by atoms with Crippen molar-refractivity contribution in [3.8, 4) is 0 Å². The number of nitrogens with two attached hydrogens (primary N) is 1. The van der Waals surface area contributed by atoms with E-state index in [1.807, 2.05) is 30.3 Å². The molecule has 5 heteroatoms. The molecule has 2 aromatic carbocycles. The molecule has 2 N–H and O–H groups in total. The van der Waals surface area contributed by atoms with E-state index in [1.54, 1.807) is 18.4 Å². The highest BCUT2D eigenvalue weighted by atomic mass is 35.5. The lowest BCUT2D eigenvalue weighted by Crippen LogP contribution is -2.11. The second-order valence-electron chi connectivity index (χ2n) is 5.31. The number of primary amides is 1. The zero-order valence-corrected chi connectivity index (χ0v) is 12.8. The van der Waals surface area contributed by atoms with Crippen LogP contribution in [-0.2, 0) is 6.54 Å². The van der Waals surface area contributed by atoms with E-state index in [9.17, 15) is 4.79 Å². The number of hydrogen-bond donors (Lipinski definition) is 1. The van der Waals surface area contributed by atoms with Crippen LogP contribution < -0.4 is 5.73 Å². The third-order valence-electron chi connectivity index (χ3n) is 3.92. The molecule has 4 nitrogen and oxygen atoms in total. The molecule has 23 heavy (non-hydrogen) atoms. The first-order valence-corrected chi connectivity index (χ1v) is 7.47. The predicted octanol–water partition coefficient (Wildman–Crippen LogP) is 3.99. The van der Waals surface area contributed by atoms with Crippen LogP contribution in [0.2, 0.25) is 5.02 Å². The predicted molar refractivity (Wildman–Crippen MR) is 89.6 cm³/mol. The number of fused-ring (bicyclic) bond motifs is 3. The molecule has 0 spiro atoms. The molecule has 0 atom stereocenters. The fourth-order valence-corrected chi connectivity index (χ4v) is 3.12. The number of carbonyl (C=O) groups is 1. The molecule has 0 unspecified atom stereocenters. The summed E-state index contributed by atoms with van der Waals surface area (Å²) >= 11 is 6.14. The Balaban J connectivity index is 2.11. The van der Waals surface area contributed by atoms with E-state index in [1.165, 1.54) is 0 Å². The van der Waals surface area contributed by atoms with Gasteiger partial charge in [-0.05, 0) is 42.5 Å². The molecule has 113 valence electrons. The van der Waals surface area contributed by atoms with E-state index in [0.717, 1.165) is 27.6 Å². The highest BCUT2D eigenvalue weighted by Crippen LogP contribution is 2.33. The smallest absolute Gasteiger partial charge is 0.249 e. The lowest BCUT2D eigenvalue weighted by atomic mass is 10.1. The number of aromatic nitrogens is 1. The van der Waals surface area contributed by atoms with Gasteiger partial charge in [0.05, 0.1) is 23.8 Å². The van der Waals surface area contributed by atoms with E-state index in [4.69, 9.17) is 21.8 Å². The Hall–Kier alpha value is -2.72. The summed E-state index contributed by atoms with van der Waals surface area (Å²) in [6.07, 6.45) is 1.64. The fraction of sp³-hybridized carbons (Fsp3) is 0.0556. The van der Waals surface area contributed by atoms with E-state index < -0.39 is 5.91 Å². The molecule has 0 saturated carbocycles. The maximum Gasteiger partial charge on any atom is 0.249 e. The number of amides is 1. The van der Waals surface area contributed by atoms with Gasteiger partial charge in [-0.25, -0.2) is 0 Å². The molecule has 0 aliphatic rings. The molecule has 4 aromatic rings. The minimum Gasteiger partial charge on any atom is -0.467 e. The first-order valence-electron chi connectivity index (χ1n) is 7.09. The summed E-state index contributed by atoms with van der Waals surface area (Å²) < 4.78 is 7.51. The van der Waals surface area contributed by atoms with Crippen LogP contribution in [0, 0.1) is 6.07 Å². The molecule has 4 rings (SSSR count). The molecule has 2 heterocycles. The number of nitrogens with zero attached hydrogens (tertiary/aromatic N) is 1. The first-order chi connectivity index (χ1) is 11.1. The number of halogens is 1. The van der Waals surface area contributed by atoms with Gasteiger partial charge in [0.2, 0.25) is 5.91 Å². The Kier molecular flexibility index (Phi) is 3.13. The number of furan rings is 1. The minimum absolute atomic E-state index is 0.462. The molecule has 0 fully saturated rings. The monoisotopic (exact) mass is 323 g/mol. The van der Waals surface area contributed by atoms with E-state index in [-0.39, 0.29) is 0 Å². The molecular formula is C18H12ClN2O2. The summed E-state index contributed by atoms with van der Waals surface area (Å²) in [7, 11) is 0. The van der Waals surface area contributed by atoms with Gasteiger partial charge >= 0.3 is 0 Å². The van der Waals surface area contributed by atoms with Crippen LogP contribution in [0.25, 0.3) is 21.8 Å². The van der Waals surface area contributed by atoms with Crippen LogP contribution >= 0.6 is 11.6 Å². The van der Waals surface area contributed by atoms with Gasteiger partial charge in [0.15, 0.2) is 0 Å². The standard InChI is InChI=1S/C18H12ClN2O2/c19-11-6-7-13-16(9-11)21(10-12-3-2-8-23-12)15-5-1-4-14(17(13)15)18(20)22/h1-6,8-9H,10H2,(H2,20,22). The fourth-order valence-electron chi connectivity index (χ4n) is 2.96. The van der Waals surface area contributed by atoms with Crippen LogP contribution in [0.5, 0.6) is 0 Å². The highest BCUT2D eigenvalue weighted by Gasteiger charge is 2.17. The van der Waals surface area contributed by atoms with Crippen LogP contribution in [0.3, 0.4) is 0 Å². The first kappa shape index (κ1) is 13.9. The quantitative estimate of drug-likeness (QED) is 0.619. The van der Waals surface area contributed by atoms with Gasteiger partial charge in [0, 0.05) is 21.4 Å². The topological polar surface area (TPSA) is 61.2 Å². The molecule has 2 aromatic heterocycles. The molecule has 0 aliphatic carbocycles. The van der Waals surface area contributed by atoms with Gasteiger partial charge in [-0.15, -0.1) is 0 Å². The van der Waals surface area contributed by atoms with Gasteiger partial charge in [-0.1, -0.05) is 17.7 Å². The van der Waals surface area contributed by atoms with Crippen LogP contribution in [-0.4, -0.2) is 10.5 Å². The van der Waals surface area contributed by atoms with Gasteiger partial charge in [-0.2, -0.15) is 0 Å². The summed E-state index contributed by atoms with van der Waals surface area (Å²) in [4.78, 5) is 11.8. The molecule has 0 saturated heterocycles. The van der Waals surface area contributed by atoms with Crippen molar-refractivity contribution in [1.82, 2.24) is 4.57 Å². The van der Waals surface area contributed by atoms with Crippen molar-refractivity contribution in [2.24, 2.45) is 5.73 Å². The lowest BCUT2D eigenvalue weighted by Gasteiger charge is -2.06. The van der Waals surface area contributed by atoms with Gasteiger partial charge < -0.3 is 14.7 Å². The average molecular weight is 324 g/mol. The molecule has 1 radical (unpaired) electrons. The van der Waals surface area contributed by atoms with Crippen LogP contribution in [0.15, 0.2) is 53.1 Å². The lowest BCUT2D eigenvalue weighted by molar-refractivity contribution is 0.100. The van der Waals surface area contributed by atoms with Crippen molar-refractivity contribution in [2.75, 3.05) is 0 Å². The van der Waals surface area contributed by atoms with Crippen molar-refractivity contribution in [2.45, 2.75) is 6.54 Å². The second kappa shape index (κ2) is 5.18. The summed E-state index contributed by atoms with van der Waals surface area (Å²) in [6.45, 7) is 0.531. The maximum atomic E-state index is 11.8. The summed E-state index contributed by atoms with van der Waals surface area (Å²) in [5.41, 5.74) is 7.80. The Morgan fingerprint density at radius 3 is 2.87 bits per heavy atom. The normalized spacial score (nSPS) is 11.3. The van der Waals surface area contributed by atoms with E-state index >= 15 is 0 Å². The summed E-state index contributed by atoms with van der Waals surface area (Å²) in [5, 5.41) is 2.20. The molecular weight excluding hydrogens is 312 g/mol.